The van der Waals surface area contributed by atoms with Gasteiger partial charge in [-0.05, 0) is 51.4 Å². The van der Waals surface area contributed by atoms with Gasteiger partial charge < -0.3 is 5.11 Å². The van der Waals surface area contributed by atoms with Gasteiger partial charge in [-0.2, -0.15) is 0 Å². The van der Waals surface area contributed by atoms with Gasteiger partial charge in [-0.25, -0.2) is 0 Å². The summed E-state index contributed by atoms with van der Waals surface area (Å²) in [6, 6.07) is 16.3. The lowest BCUT2D eigenvalue weighted by Gasteiger charge is -2.07. The molecule has 0 aliphatic rings. The molecule has 0 amide bonds. The molecule has 1 nitrogen and oxygen atoms in total. The van der Waals surface area contributed by atoms with Crippen molar-refractivity contribution in [1.82, 2.24) is 0 Å². The fourth-order valence-corrected chi connectivity index (χ4v) is 2.15. The van der Waals surface area contributed by atoms with Crippen LogP contribution in [-0.2, 0) is 6.61 Å². The Kier molecular flexibility index (Phi) is 3.38. The van der Waals surface area contributed by atoms with Crippen molar-refractivity contribution in [2.24, 2.45) is 0 Å². The molecule has 0 saturated heterocycles. The van der Waals surface area contributed by atoms with Crippen LogP contribution in [0.3, 0.4) is 0 Å². The van der Waals surface area contributed by atoms with E-state index in [-0.39, 0.29) is 6.61 Å². The first kappa shape index (κ1) is 10.6. The molecule has 2 heteroatoms. The van der Waals surface area contributed by atoms with Crippen LogP contribution in [0.4, 0.5) is 0 Å². The molecule has 2 aromatic carbocycles. The summed E-state index contributed by atoms with van der Waals surface area (Å²) in [5.41, 5.74) is 3.24. The van der Waals surface area contributed by atoms with E-state index < -0.39 is 0 Å². The second-order valence-electron chi connectivity index (χ2n) is 3.33. The minimum absolute atomic E-state index is 0.0844. The lowest BCUT2D eigenvalue weighted by atomic mass is 10.0. The van der Waals surface area contributed by atoms with Crippen LogP contribution < -0.4 is 0 Å². The Morgan fingerprint density at radius 2 is 1.73 bits per heavy atom. The highest BCUT2D eigenvalue weighted by Gasteiger charge is 2.03. The predicted octanol–water partition coefficient (Wildman–Crippen LogP) is 3.45. The number of aliphatic hydroxyl groups excluding tert-OH is 1. The van der Waals surface area contributed by atoms with Gasteiger partial charge >= 0.3 is 0 Å². The zero-order valence-corrected chi connectivity index (χ0v) is 10.3. The quantitative estimate of drug-likeness (QED) is 0.842. The molecule has 0 unspecified atom stereocenters. The van der Waals surface area contributed by atoms with Crippen LogP contribution in [0.1, 0.15) is 5.56 Å². The van der Waals surface area contributed by atoms with Gasteiger partial charge in [0.15, 0.2) is 0 Å². The Hall–Kier alpha value is -0.870. The fraction of sp³-hybridized carbons (Fsp3) is 0.0769. The van der Waals surface area contributed by atoms with E-state index in [4.69, 9.17) is 0 Å². The number of aliphatic hydroxyl groups is 1. The van der Waals surface area contributed by atoms with E-state index in [1.54, 1.807) is 0 Å². The van der Waals surface area contributed by atoms with Crippen LogP contribution in [0.15, 0.2) is 48.5 Å². The average molecular weight is 310 g/mol. The van der Waals surface area contributed by atoms with Crippen molar-refractivity contribution in [3.63, 3.8) is 0 Å². The minimum atomic E-state index is 0.0844. The van der Waals surface area contributed by atoms with Crippen LogP contribution in [0, 0.1) is 3.57 Å². The molecule has 0 fully saturated rings. The number of halogens is 1. The summed E-state index contributed by atoms with van der Waals surface area (Å²) in [5, 5.41) is 9.30. The molecule has 0 saturated carbocycles. The Bertz CT molecular complexity index is 451. The van der Waals surface area contributed by atoms with E-state index in [9.17, 15) is 5.11 Å². The molecule has 0 bridgehead atoms. The lowest BCUT2D eigenvalue weighted by molar-refractivity contribution is 0.282. The first-order chi connectivity index (χ1) is 7.31. The van der Waals surface area contributed by atoms with Gasteiger partial charge in [0.05, 0.1) is 6.61 Å². The maximum atomic E-state index is 9.30. The number of hydrogen-bond donors (Lipinski definition) is 1. The van der Waals surface area contributed by atoms with Crippen molar-refractivity contribution in [3.05, 3.63) is 57.7 Å². The van der Waals surface area contributed by atoms with E-state index in [1.165, 1.54) is 0 Å². The first-order valence-corrected chi connectivity index (χ1v) is 5.84. The Morgan fingerprint density at radius 3 is 2.40 bits per heavy atom. The lowest BCUT2D eigenvalue weighted by Crippen LogP contribution is -1.90. The smallest absolute Gasteiger partial charge is 0.0688 e. The SMILES string of the molecule is OCc1cc(I)ccc1-c1ccccc1. The molecule has 0 aromatic heterocycles. The Morgan fingerprint density at radius 1 is 1.00 bits per heavy atom. The molecular formula is C13H11IO. The topological polar surface area (TPSA) is 20.2 Å². The van der Waals surface area contributed by atoms with Crippen LogP contribution in [0.5, 0.6) is 0 Å². The summed E-state index contributed by atoms with van der Waals surface area (Å²) in [5.74, 6) is 0. The number of benzene rings is 2. The standard InChI is InChI=1S/C13H11IO/c14-12-6-7-13(11(8-12)9-15)10-4-2-1-3-5-10/h1-8,15H,9H2. The maximum Gasteiger partial charge on any atom is 0.0688 e. The summed E-state index contributed by atoms with van der Waals surface area (Å²) in [7, 11) is 0. The molecule has 0 aliphatic heterocycles. The summed E-state index contributed by atoms with van der Waals surface area (Å²) in [6.07, 6.45) is 0. The maximum absolute atomic E-state index is 9.30. The molecule has 0 heterocycles. The molecule has 0 spiro atoms. The normalized spacial score (nSPS) is 10.3. The number of rotatable bonds is 2. The van der Waals surface area contributed by atoms with Crippen molar-refractivity contribution < 1.29 is 5.11 Å². The molecule has 0 aliphatic carbocycles. The zero-order valence-electron chi connectivity index (χ0n) is 8.15. The average Bonchev–Trinajstić information content (AvgIpc) is 2.30. The third-order valence-electron chi connectivity index (χ3n) is 2.32. The van der Waals surface area contributed by atoms with Gasteiger partial charge in [0.25, 0.3) is 0 Å². The molecule has 0 atom stereocenters. The molecule has 1 N–H and O–H groups in total. The third kappa shape index (κ3) is 2.38. The van der Waals surface area contributed by atoms with Crippen molar-refractivity contribution in [2.75, 3.05) is 0 Å². The second-order valence-corrected chi connectivity index (χ2v) is 4.57. The minimum Gasteiger partial charge on any atom is -0.392 e. The third-order valence-corrected chi connectivity index (χ3v) is 2.99. The molecular weight excluding hydrogens is 299 g/mol. The van der Waals surface area contributed by atoms with Crippen LogP contribution in [0.25, 0.3) is 11.1 Å². The molecule has 2 rings (SSSR count). The van der Waals surface area contributed by atoms with Crippen LogP contribution in [0.2, 0.25) is 0 Å². The van der Waals surface area contributed by atoms with Crippen molar-refractivity contribution in [3.8, 4) is 11.1 Å². The summed E-state index contributed by atoms with van der Waals surface area (Å²) in [6.45, 7) is 0.0844. The molecule has 2 aromatic rings. The van der Waals surface area contributed by atoms with E-state index >= 15 is 0 Å². The van der Waals surface area contributed by atoms with Crippen LogP contribution in [-0.4, -0.2) is 5.11 Å². The van der Waals surface area contributed by atoms with Gasteiger partial charge in [0, 0.05) is 3.57 Å². The van der Waals surface area contributed by atoms with Crippen molar-refractivity contribution >= 4 is 22.6 Å². The highest BCUT2D eigenvalue weighted by atomic mass is 127. The zero-order chi connectivity index (χ0) is 10.7. The summed E-state index contributed by atoms with van der Waals surface area (Å²) in [4.78, 5) is 0. The Labute approximate surface area is 103 Å². The van der Waals surface area contributed by atoms with Gasteiger partial charge in [0.2, 0.25) is 0 Å². The highest BCUT2D eigenvalue weighted by molar-refractivity contribution is 14.1. The number of hydrogen-bond acceptors (Lipinski definition) is 1. The van der Waals surface area contributed by atoms with Gasteiger partial charge in [-0.15, -0.1) is 0 Å². The molecule has 0 radical (unpaired) electrons. The van der Waals surface area contributed by atoms with Crippen LogP contribution >= 0.6 is 22.6 Å². The molecule has 15 heavy (non-hydrogen) atoms. The van der Waals surface area contributed by atoms with E-state index in [0.29, 0.717) is 0 Å². The monoisotopic (exact) mass is 310 g/mol. The second kappa shape index (κ2) is 4.77. The molecule has 76 valence electrons. The van der Waals surface area contributed by atoms with E-state index in [2.05, 4.69) is 46.9 Å². The Balaban J connectivity index is 2.53. The summed E-state index contributed by atoms with van der Waals surface area (Å²) < 4.78 is 1.15. The van der Waals surface area contributed by atoms with E-state index in [1.807, 2.05) is 24.3 Å². The van der Waals surface area contributed by atoms with Gasteiger partial charge in [0.1, 0.15) is 0 Å². The highest BCUT2D eigenvalue weighted by Crippen LogP contribution is 2.25. The predicted molar refractivity (Wildman–Crippen MR) is 70.5 cm³/mol. The van der Waals surface area contributed by atoms with Crippen molar-refractivity contribution in [2.45, 2.75) is 6.61 Å². The van der Waals surface area contributed by atoms with Gasteiger partial charge in [-0.3, -0.25) is 0 Å². The van der Waals surface area contributed by atoms with Gasteiger partial charge in [-0.1, -0.05) is 36.4 Å². The fourth-order valence-electron chi connectivity index (χ4n) is 1.59. The largest absolute Gasteiger partial charge is 0.392 e. The van der Waals surface area contributed by atoms with E-state index in [0.717, 1.165) is 20.3 Å². The van der Waals surface area contributed by atoms with Crippen molar-refractivity contribution in [1.29, 1.82) is 0 Å². The first-order valence-electron chi connectivity index (χ1n) is 4.76. The summed E-state index contributed by atoms with van der Waals surface area (Å²) >= 11 is 2.25.